The molecule has 0 radical (unpaired) electrons. The Labute approximate surface area is 94.6 Å². The number of anilines is 1. The monoisotopic (exact) mass is 279 g/mol. The van der Waals surface area contributed by atoms with Gasteiger partial charge in [-0.25, -0.2) is 4.39 Å². The summed E-state index contributed by atoms with van der Waals surface area (Å²) in [7, 11) is 0. The first kappa shape index (κ1) is 11.5. The molecular weight excluding hydrogens is 272 g/mol. The van der Waals surface area contributed by atoms with Gasteiger partial charge in [-0.1, -0.05) is 18.5 Å². The van der Waals surface area contributed by atoms with Crippen LogP contribution in [0.3, 0.4) is 0 Å². The molecule has 1 aromatic rings. The first-order valence-electron chi connectivity index (χ1n) is 3.99. The Morgan fingerprint density at radius 1 is 1.64 bits per heavy atom. The van der Waals surface area contributed by atoms with Gasteiger partial charge >= 0.3 is 0 Å². The first-order valence-corrected chi connectivity index (χ1v) is 5.16. The standard InChI is InChI=1S/C9H8BrClFNO/c1-2-9(14)13-8-3-5(10)7(12)4-6(8)11/h3-4H,2H2,1H3,(H,13,14). The summed E-state index contributed by atoms with van der Waals surface area (Å²) in [5.74, 6) is -0.616. The number of halogens is 3. The third-order valence-electron chi connectivity index (χ3n) is 1.61. The van der Waals surface area contributed by atoms with Gasteiger partial charge in [-0.15, -0.1) is 0 Å². The first-order chi connectivity index (χ1) is 6.54. The lowest BCUT2D eigenvalue weighted by molar-refractivity contribution is -0.115. The van der Waals surface area contributed by atoms with Gasteiger partial charge in [-0.3, -0.25) is 4.79 Å². The molecule has 0 saturated heterocycles. The number of hydrogen-bond donors (Lipinski definition) is 1. The van der Waals surface area contributed by atoms with Crippen molar-refractivity contribution in [3.63, 3.8) is 0 Å². The maximum Gasteiger partial charge on any atom is 0.224 e. The van der Waals surface area contributed by atoms with Crippen LogP contribution < -0.4 is 5.32 Å². The summed E-state index contributed by atoms with van der Waals surface area (Å²) in [6, 6.07) is 2.59. The van der Waals surface area contributed by atoms with Gasteiger partial charge in [-0.05, 0) is 28.1 Å². The normalized spacial score (nSPS) is 10.0. The minimum absolute atomic E-state index is 0.162. The van der Waals surface area contributed by atoms with Crippen LogP contribution in [0.1, 0.15) is 13.3 Å². The fourth-order valence-electron chi connectivity index (χ4n) is 0.857. The van der Waals surface area contributed by atoms with E-state index in [-0.39, 0.29) is 15.4 Å². The Morgan fingerprint density at radius 2 is 2.29 bits per heavy atom. The summed E-state index contributed by atoms with van der Waals surface area (Å²) in [6.45, 7) is 1.72. The minimum atomic E-state index is -0.454. The van der Waals surface area contributed by atoms with E-state index in [1.807, 2.05) is 0 Å². The Bertz CT molecular complexity index is 370. The number of rotatable bonds is 2. The molecule has 76 valence electrons. The van der Waals surface area contributed by atoms with Gasteiger partial charge in [0.15, 0.2) is 0 Å². The van der Waals surface area contributed by atoms with Crippen molar-refractivity contribution in [3.05, 3.63) is 27.4 Å². The molecule has 0 bridgehead atoms. The van der Waals surface area contributed by atoms with E-state index in [1.54, 1.807) is 6.92 Å². The second-order valence-corrected chi connectivity index (χ2v) is 3.91. The van der Waals surface area contributed by atoms with E-state index in [0.29, 0.717) is 12.1 Å². The van der Waals surface area contributed by atoms with Crippen LogP contribution >= 0.6 is 27.5 Å². The molecule has 0 aliphatic carbocycles. The van der Waals surface area contributed by atoms with Crippen LogP contribution in [0.2, 0.25) is 5.02 Å². The molecule has 0 atom stereocenters. The lowest BCUT2D eigenvalue weighted by Crippen LogP contribution is -2.09. The highest BCUT2D eigenvalue weighted by Gasteiger charge is 2.08. The second kappa shape index (κ2) is 4.75. The Kier molecular flexibility index (Phi) is 3.89. The van der Waals surface area contributed by atoms with Gasteiger partial charge in [0, 0.05) is 6.42 Å². The molecule has 1 rings (SSSR count). The second-order valence-electron chi connectivity index (χ2n) is 2.65. The SMILES string of the molecule is CCC(=O)Nc1cc(Br)c(F)cc1Cl. The zero-order valence-corrected chi connectivity index (χ0v) is 9.75. The molecule has 2 nitrogen and oxygen atoms in total. The number of nitrogens with one attached hydrogen (secondary N) is 1. The van der Waals surface area contributed by atoms with E-state index in [4.69, 9.17) is 11.6 Å². The zero-order valence-electron chi connectivity index (χ0n) is 7.40. The molecule has 0 heterocycles. The maximum atomic E-state index is 12.9. The van der Waals surface area contributed by atoms with Gasteiger partial charge < -0.3 is 5.32 Å². The molecule has 1 aromatic carbocycles. The Hall–Kier alpha value is -0.610. The average molecular weight is 281 g/mol. The summed E-state index contributed by atoms with van der Waals surface area (Å²) in [5, 5.41) is 2.75. The molecule has 14 heavy (non-hydrogen) atoms. The van der Waals surface area contributed by atoms with E-state index in [9.17, 15) is 9.18 Å². The lowest BCUT2D eigenvalue weighted by atomic mass is 10.3. The van der Waals surface area contributed by atoms with Crippen LogP contribution in [0, 0.1) is 5.82 Å². The molecule has 0 unspecified atom stereocenters. The third-order valence-corrected chi connectivity index (χ3v) is 2.53. The van der Waals surface area contributed by atoms with Gasteiger partial charge in [0.1, 0.15) is 5.82 Å². The van der Waals surface area contributed by atoms with E-state index in [1.165, 1.54) is 6.07 Å². The third kappa shape index (κ3) is 2.69. The summed E-state index contributed by atoms with van der Waals surface area (Å²) < 4.78 is 13.2. The predicted octanol–water partition coefficient (Wildman–Crippen LogP) is 3.59. The highest BCUT2D eigenvalue weighted by molar-refractivity contribution is 9.10. The van der Waals surface area contributed by atoms with Crippen LogP contribution in [0.15, 0.2) is 16.6 Å². The molecule has 0 fully saturated rings. The van der Waals surface area contributed by atoms with Crippen LogP contribution in [-0.2, 0) is 4.79 Å². The van der Waals surface area contributed by atoms with E-state index in [2.05, 4.69) is 21.2 Å². The molecule has 5 heteroatoms. The highest BCUT2D eigenvalue weighted by Crippen LogP contribution is 2.28. The molecular formula is C9H8BrClFNO. The Morgan fingerprint density at radius 3 is 2.86 bits per heavy atom. The number of amides is 1. The van der Waals surface area contributed by atoms with Gasteiger partial charge in [0.2, 0.25) is 5.91 Å². The molecule has 1 amide bonds. The highest BCUT2D eigenvalue weighted by atomic mass is 79.9. The number of hydrogen-bond acceptors (Lipinski definition) is 1. The number of carbonyl (C=O) groups excluding carboxylic acids is 1. The smallest absolute Gasteiger partial charge is 0.224 e. The topological polar surface area (TPSA) is 29.1 Å². The van der Waals surface area contributed by atoms with Gasteiger partial charge in [0.25, 0.3) is 0 Å². The van der Waals surface area contributed by atoms with Crippen molar-refractivity contribution in [2.75, 3.05) is 5.32 Å². The van der Waals surface area contributed by atoms with Crippen LogP contribution in [0.5, 0.6) is 0 Å². The molecule has 0 aliphatic rings. The molecule has 0 saturated carbocycles. The van der Waals surface area contributed by atoms with Crippen molar-refractivity contribution in [3.8, 4) is 0 Å². The lowest BCUT2D eigenvalue weighted by Gasteiger charge is -2.06. The quantitative estimate of drug-likeness (QED) is 0.824. The van der Waals surface area contributed by atoms with E-state index >= 15 is 0 Å². The van der Waals surface area contributed by atoms with Crippen molar-refractivity contribution in [1.29, 1.82) is 0 Å². The van der Waals surface area contributed by atoms with Crippen LogP contribution in [0.4, 0.5) is 10.1 Å². The Balaban J connectivity index is 2.98. The fraction of sp³-hybridized carbons (Fsp3) is 0.222. The summed E-state index contributed by atoms with van der Waals surface area (Å²) in [6.07, 6.45) is 0.353. The summed E-state index contributed by atoms with van der Waals surface area (Å²) in [5.41, 5.74) is 0.409. The number of benzene rings is 1. The maximum absolute atomic E-state index is 12.9. The molecule has 0 spiro atoms. The van der Waals surface area contributed by atoms with Gasteiger partial charge in [0.05, 0.1) is 15.2 Å². The van der Waals surface area contributed by atoms with Gasteiger partial charge in [-0.2, -0.15) is 0 Å². The summed E-state index contributed by atoms with van der Waals surface area (Å²) in [4.78, 5) is 11.1. The van der Waals surface area contributed by atoms with Crippen LogP contribution in [0.25, 0.3) is 0 Å². The average Bonchev–Trinajstić information content (AvgIpc) is 2.14. The van der Waals surface area contributed by atoms with Crippen molar-refractivity contribution in [1.82, 2.24) is 0 Å². The molecule has 1 N–H and O–H groups in total. The van der Waals surface area contributed by atoms with Crippen LogP contribution in [-0.4, -0.2) is 5.91 Å². The fourth-order valence-corrected chi connectivity index (χ4v) is 1.40. The van der Waals surface area contributed by atoms with Crippen molar-refractivity contribution >= 4 is 39.1 Å². The van der Waals surface area contributed by atoms with E-state index < -0.39 is 5.82 Å². The molecule has 0 aliphatic heterocycles. The predicted molar refractivity (Wildman–Crippen MR) is 58.0 cm³/mol. The van der Waals surface area contributed by atoms with Crippen molar-refractivity contribution < 1.29 is 9.18 Å². The number of carbonyl (C=O) groups is 1. The molecule has 0 aromatic heterocycles. The van der Waals surface area contributed by atoms with Crippen molar-refractivity contribution in [2.45, 2.75) is 13.3 Å². The summed E-state index contributed by atoms with van der Waals surface area (Å²) >= 11 is 8.73. The largest absolute Gasteiger partial charge is 0.325 e. The zero-order chi connectivity index (χ0) is 10.7. The van der Waals surface area contributed by atoms with E-state index in [0.717, 1.165) is 6.07 Å². The minimum Gasteiger partial charge on any atom is -0.325 e. The van der Waals surface area contributed by atoms with Crippen molar-refractivity contribution in [2.24, 2.45) is 0 Å².